The Morgan fingerprint density at radius 3 is 2.31 bits per heavy atom. The predicted molar refractivity (Wildman–Crippen MR) is 124 cm³/mol. The summed E-state index contributed by atoms with van der Waals surface area (Å²) >= 11 is 11.0. The van der Waals surface area contributed by atoms with Crippen LogP contribution in [0.15, 0.2) is 12.4 Å². The summed E-state index contributed by atoms with van der Waals surface area (Å²) in [6.45, 7) is 5.29. The molecule has 1 aromatic rings. The molecule has 10 nitrogen and oxygen atoms in total. The molecule has 1 heterocycles. The van der Waals surface area contributed by atoms with Crippen molar-refractivity contribution in [3.8, 4) is 0 Å². The molecular weight excluding hydrogens is 456 g/mol. The second-order valence-corrected chi connectivity index (χ2v) is 9.60. The smallest absolute Gasteiger partial charge is 0.407 e. The predicted octanol–water partition coefficient (Wildman–Crippen LogP) is 2.14. The van der Waals surface area contributed by atoms with Crippen molar-refractivity contribution in [2.75, 3.05) is 19.4 Å². The summed E-state index contributed by atoms with van der Waals surface area (Å²) < 4.78 is 5.36. The molecule has 0 aromatic carbocycles. The molecule has 0 saturated heterocycles. The van der Waals surface area contributed by atoms with Crippen LogP contribution in [0.1, 0.15) is 40.0 Å². The average molecular weight is 485 g/mol. The lowest BCUT2D eigenvalue weighted by Crippen LogP contribution is -2.57. The molecular formula is C20H29ClN6O4S. The number of hydrogen-bond acceptors (Lipinski definition) is 7. The molecule has 3 N–H and O–H groups in total. The number of aromatic nitrogens is 2. The van der Waals surface area contributed by atoms with E-state index in [1.165, 1.54) is 17.3 Å². The third-order valence-electron chi connectivity index (χ3n) is 4.71. The number of ether oxygens (including phenoxy) is 1. The van der Waals surface area contributed by atoms with Gasteiger partial charge < -0.3 is 20.3 Å². The second-order valence-electron chi connectivity index (χ2n) is 8.75. The van der Waals surface area contributed by atoms with Gasteiger partial charge in [-0.05, 0) is 40.0 Å². The van der Waals surface area contributed by atoms with E-state index < -0.39 is 23.6 Å². The van der Waals surface area contributed by atoms with Crippen LogP contribution in [0.4, 0.5) is 10.7 Å². The van der Waals surface area contributed by atoms with Crippen molar-refractivity contribution < 1.29 is 19.1 Å². The van der Waals surface area contributed by atoms with Crippen LogP contribution in [0.5, 0.6) is 0 Å². The first-order chi connectivity index (χ1) is 14.9. The van der Waals surface area contributed by atoms with Crippen molar-refractivity contribution in [3.63, 3.8) is 0 Å². The van der Waals surface area contributed by atoms with Crippen molar-refractivity contribution in [1.29, 1.82) is 0 Å². The van der Waals surface area contributed by atoms with Gasteiger partial charge in [-0.2, -0.15) is 0 Å². The highest BCUT2D eigenvalue weighted by Crippen LogP contribution is 2.27. The van der Waals surface area contributed by atoms with E-state index in [9.17, 15) is 14.4 Å². The maximum atomic E-state index is 12.5. The third kappa shape index (κ3) is 7.86. The van der Waals surface area contributed by atoms with Crippen LogP contribution >= 0.6 is 23.8 Å². The number of thiocarbonyl (C=S) groups is 1. The second kappa shape index (κ2) is 10.9. The Balaban J connectivity index is 2.07. The topological polar surface area (TPSA) is 126 Å². The number of anilines is 1. The zero-order valence-electron chi connectivity index (χ0n) is 18.8. The third-order valence-corrected chi connectivity index (χ3v) is 5.21. The van der Waals surface area contributed by atoms with Gasteiger partial charge in [-0.3, -0.25) is 14.9 Å². The summed E-state index contributed by atoms with van der Waals surface area (Å²) in [5.41, 5.74) is -0.672. The van der Waals surface area contributed by atoms with E-state index in [-0.39, 0.29) is 28.8 Å². The van der Waals surface area contributed by atoms with Crippen LogP contribution in [-0.4, -0.2) is 69.5 Å². The quantitative estimate of drug-likeness (QED) is 0.555. The van der Waals surface area contributed by atoms with Crippen molar-refractivity contribution in [2.24, 2.45) is 5.92 Å². The van der Waals surface area contributed by atoms with E-state index in [1.807, 2.05) is 0 Å². The number of nitrogens with zero attached hydrogens (tertiary/aromatic N) is 3. The van der Waals surface area contributed by atoms with Gasteiger partial charge in [-0.1, -0.05) is 23.8 Å². The molecule has 3 amide bonds. The van der Waals surface area contributed by atoms with Crippen LogP contribution in [0.25, 0.3) is 0 Å². The van der Waals surface area contributed by atoms with Gasteiger partial charge in [-0.15, -0.1) is 0 Å². The lowest BCUT2D eigenvalue weighted by Gasteiger charge is -2.37. The highest BCUT2D eigenvalue weighted by Gasteiger charge is 2.37. The Morgan fingerprint density at radius 1 is 1.12 bits per heavy atom. The summed E-state index contributed by atoms with van der Waals surface area (Å²) in [5.74, 6) is -0.801. The first-order valence-electron chi connectivity index (χ1n) is 10.2. The first-order valence-corrected chi connectivity index (χ1v) is 10.9. The molecule has 12 heteroatoms. The normalized spacial score (nSPS) is 20.6. The summed E-state index contributed by atoms with van der Waals surface area (Å²) in [6, 6.07) is -0.830. The summed E-state index contributed by atoms with van der Waals surface area (Å²) in [7, 11) is 3.39. The Morgan fingerprint density at radius 2 is 1.75 bits per heavy atom. The van der Waals surface area contributed by atoms with Gasteiger partial charge in [0.1, 0.15) is 5.60 Å². The highest BCUT2D eigenvalue weighted by molar-refractivity contribution is 7.82. The van der Waals surface area contributed by atoms with E-state index in [2.05, 4.69) is 25.9 Å². The van der Waals surface area contributed by atoms with Gasteiger partial charge >= 0.3 is 6.09 Å². The van der Waals surface area contributed by atoms with Gasteiger partial charge in [0.2, 0.25) is 11.9 Å². The first kappa shape index (κ1) is 25.7. The van der Waals surface area contributed by atoms with Gasteiger partial charge in [-0.25, -0.2) is 14.8 Å². The molecule has 176 valence electrons. The molecule has 2 rings (SSSR count). The Hall–Kier alpha value is -2.53. The lowest BCUT2D eigenvalue weighted by molar-refractivity contribution is -0.134. The fraction of sp³-hybridized carbons (Fsp3) is 0.600. The van der Waals surface area contributed by atoms with Crippen molar-refractivity contribution in [1.82, 2.24) is 25.5 Å². The molecule has 1 aromatic heterocycles. The van der Waals surface area contributed by atoms with Gasteiger partial charge in [0, 0.05) is 26.1 Å². The molecule has 3 atom stereocenters. The number of carbonyl (C=O) groups is 3. The minimum Gasteiger partial charge on any atom is -0.444 e. The molecule has 0 spiro atoms. The van der Waals surface area contributed by atoms with E-state index in [0.717, 1.165) is 0 Å². The largest absolute Gasteiger partial charge is 0.444 e. The standard InChI is InChI=1S/C20H29ClN6O4S/c1-20(2,3)31-19(30)25-14-8-11(17(29)27(4)5)6-7-13(14)24-16(32)15(28)26-18-22-9-12(21)10-23-18/h9-11,13-14H,6-8H2,1-5H3,(H,24,32)(H,25,30)(H,22,23,26,28)/t11-,13-,14+/m0/s1. The summed E-state index contributed by atoms with van der Waals surface area (Å²) in [5, 5.41) is 8.65. The van der Waals surface area contributed by atoms with Crippen LogP contribution in [-0.2, 0) is 14.3 Å². The van der Waals surface area contributed by atoms with E-state index in [1.54, 1.807) is 34.9 Å². The van der Waals surface area contributed by atoms with Crippen LogP contribution < -0.4 is 16.0 Å². The van der Waals surface area contributed by atoms with Gasteiger partial charge in [0.05, 0.1) is 23.5 Å². The number of amides is 3. The van der Waals surface area contributed by atoms with Crippen LogP contribution in [0.3, 0.4) is 0 Å². The maximum Gasteiger partial charge on any atom is 0.407 e. The van der Waals surface area contributed by atoms with Crippen molar-refractivity contribution >= 4 is 52.7 Å². The summed E-state index contributed by atoms with van der Waals surface area (Å²) in [6.07, 6.45) is 3.60. The maximum absolute atomic E-state index is 12.5. The average Bonchev–Trinajstić information content (AvgIpc) is 2.68. The van der Waals surface area contributed by atoms with Gasteiger partial charge in [0.15, 0.2) is 4.99 Å². The Kier molecular flexibility index (Phi) is 8.73. The van der Waals surface area contributed by atoms with Gasteiger partial charge in [0.25, 0.3) is 5.91 Å². The Labute approximate surface area is 197 Å². The highest BCUT2D eigenvalue weighted by atomic mass is 35.5. The zero-order valence-corrected chi connectivity index (χ0v) is 20.3. The monoisotopic (exact) mass is 484 g/mol. The molecule has 1 saturated carbocycles. The molecule has 0 bridgehead atoms. The molecule has 1 aliphatic rings. The molecule has 1 aliphatic carbocycles. The molecule has 0 unspecified atom stereocenters. The summed E-state index contributed by atoms with van der Waals surface area (Å²) in [4.78, 5) is 46.6. The fourth-order valence-corrected chi connectivity index (χ4v) is 3.62. The minimum atomic E-state index is -0.672. The number of carbonyl (C=O) groups excluding carboxylic acids is 3. The lowest BCUT2D eigenvalue weighted by atomic mass is 9.81. The molecule has 0 aliphatic heterocycles. The number of hydrogen-bond donors (Lipinski definition) is 3. The SMILES string of the molecule is CN(C)C(=O)[C@H]1CC[C@H](NC(=S)C(=O)Nc2ncc(Cl)cn2)[C@H](NC(=O)OC(C)(C)C)C1. The van der Waals surface area contributed by atoms with Crippen LogP contribution in [0, 0.1) is 5.92 Å². The van der Waals surface area contributed by atoms with E-state index >= 15 is 0 Å². The number of rotatable bonds is 4. The number of halogens is 1. The van der Waals surface area contributed by atoms with Crippen molar-refractivity contribution in [3.05, 3.63) is 17.4 Å². The fourth-order valence-electron chi connectivity index (χ4n) is 3.32. The molecule has 1 fully saturated rings. The number of alkyl carbamates (subject to hydrolysis) is 1. The number of nitrogens with one attached hydrogen (secondary N) is 3. The van der Waals surface area contributed by atoms with Crippen LogP contribution in [0.2, 0.25) is 5.02 Å². The molecule has 32 heavy (non-hydrogen) atoms. The van der Waals surface area contributed by atoms with Crippen molar-refractivity contribution in [2.45, 2.75) is 57.7 Å². The van der Waals surface area contributed by atoms with E-state index in [4.69, 9.17) is 28.6 Å². The van der Waals surface area contributed by atoms with E-state index in [0.29, 0.717) is 24.3 Å². The minimum absolute atomic E-state index is 0.0142. The zero-order chi connectivity index (χ0) is 24.1. The Bertz CT molecular complexity index is 859. The molecule has 0 radical (unpaired) electrons.